The fourth-order valence-electron chi connectivity index (χ4n) is 2.53. The topological polar surface area (TPSA) is 52.1 Å². The van der Waals surface area contributed by atoms with E-state index in [0.29, 0.717) is 18.2 Å². The highest BCUT2D eigenvalue weighted by atomic mass is 35.5. The average molecular weight is 297 g/mol. The van der Waals surface area contributed by atoms with Crippen LogP contribution >= 0.6 is 22.9 Å². The molecule has 0 bridgehead atoms. The summed E-state index contributed by atoms with van der Waals surface area (Å²) in [5, 5.41) is 1.39. The molecule has 0 aromatic carbocycles. The molecule has 2 aromatic heterocycles. The second-order valence-electron chi connectivity index (χ2n) is 4.54. The molecule has 0 N–H and O–H groups in total. The lowest BCUT2D eigenvalue weighted by Crippen LogP contribution is -2.23. The monoisotopic (exact) mass is 296 g/mol. The highest BCUT2D eigenvalue weighted by Crippen LogP contribution is 2.39. The van der Waals surface area contributed by atoms with Crippen LogP contribution < -0.4 is 0 Å². The van der Waals surface area contributed by atoms with Crippen LogP contribution in [0.2, 0.25) is 5.15 Å². The van der Waals surface area contributed by atoms with Gasteiger partial charge < -0.3 is 4.74 Å². The van der Waals surface area contributed by atoms with Gasteiger partial charge in [-0.2, -0.15) is 0 Å². The number of carbonyl (C=O) groups is 1. The number of hydrogen-bond donors (Lipinski definition) is 0. The SMILES string of the molecule is CCOC(=O)C1CCc2sc3ncnc(Cl)c3c2C1. The summed E-state index contributed by atoms with van der Waals surface area (Å²) in [7, 11) is 0. The number of ether oxygens (including phenoxy) is 1. The second kappa shape index (κ2) is 5.06. The van der Waals surface area contributed by atoms with Gasteiger partial charge in [-0.05, 0) is 31.7 Å². The fraction of sp³-hybridized carbons (Fsp3) is 0.462. The van der Waals surface area contributed by atoms with Crippen LogP contribution in [0.4, 0.5) is 0 Å². The first-order chi connectivity index (χ1) is 9.20. The molecule has 2 aromatic rings. The highest BCUT2D eigenvalue weighted by molar-refractivity contribution is 7.19. The van der Waals surface area contributed by atoms with E-state index < -0.39 is 0 Å². The molecule has 100 valence electrons. The van der Waals surface area contributed by atoms with Gasteiger partial charge in [0.1, 0.15) is 16.3 Å². The van der Waals surface area contributed by atoms with Crippen molar-refractivity contribution in [1.29, 1.82) is 0 Å². The Labute approximate surface area is 119 Å². The maximum Gasteiger partial charge on any atom is 0.309 e. The lowest BCUT2D eigenvalue weighted by Gasteiger charge is -2.20. The van der Waals surface area contributed by atoms with Crippen molar-refractivity contribution in [1.82, 2.24) is 9.97 Å². The van der Waals surface area contributed by atoms with E-state index in [9.17, 15) is 4.79 Å². The summed E-state index contributed by atoms with van der Waals surface area (Å²) in [6.45, 7) is 2.26. The quantitative estimate of drug-likeness (QED) is 0.631. The number of carbonyl (C=O) groups excluding carboxylic acids is 1. The molecular weight excluding hydrogens is 284 g/mol. The zero-order chi connectivity index (χ0) is 13.4. The van der Waals surface area contributed by atoms with Crippen LogP contribution in [0.5, 0.6) is 0 Å². The molecule has 0 amide bonds. The minimum absolute atomic E-state index is 0.0680. The molecule has 1 aliphatic rings. The van der Waals surface area contributed by atoms with Crippen LogP contribution in [0, 0.1) is 5.92 Å². The normalized spacial score (nSPS) is 18.3. The number of halogens is 1. The maximum absolute atomic E-state index is 11.9. The van der Waals surface area contributed by atoms with Gasteiger partial charge in [0.15, 0.2) is 0 Å². The lowest BCUT2D eigenvalue weighted by molar-refractivity contribution is -0.148. The summed E-state index contributed by atoms with van der Waals surface area (Å²) in [6, 6.07) is 0. The molecule has 1 atom stereocenters. The Kier molecular flexibility index (Phi) is 3.41. The van der Waals surface area contributed by atoms with E-state index in [4.69, 9.17) is 16.3 Å². The number of aromatic nitrogens is 2. The third-order valence-corrected chi connectivity index (χ3v) is 4.90. The summed E-state index contributed by atoms with van der Waals surface area (Å²) < 4.78 is 5.12. The van der Waals surface area contributed by atoms with Crippen molar-refractivity contribution >= 4 is 39.1 Å². The van der Waals surface area contributed by atoms with Crippen molar-refractivity contribution in [2.75, 3.05) is 6.61 Å². The molecule has 0 aliphatic heterocycles. The van der Waals surface area contributed by atoms with Gasteiger partial charge >= 0.3 is 5.97 Å². The zero-order valence-corrected chi connectivity index (χ0v) is 12.1. The Morgan fingerprint density at radius 2 is 2.42 bits per heavy atom. The first kappa shape index (κ1) is 12.8. The minimum Gasteiger partial charge on any atom is -0.466 e. The molecule has 4 nitrogen and oxygen atoms in total. The third-order valence-electron chi connectivity index (χ3n) is 3.41. The maximum atomic E-state index is 11.9. The first-order valence-electron chi connectivity index (χ1n) is 6.28. The van der Waals surface area contributed by atoms with Crippen molar-refractivity contribution in [3.05, 3.63) is 21.9 Å². The third kappa shape index (κ3) is 2.21. The number of rotatable bonds is 2. The predicted octanol–water partition coefficient (Wildman–Crippen LogP) is 3.01. The van der Waals surface area contributed by atoms with E-state index in [-0.39, 0.29) is 11.9 Å². The van der Waals surface area contributed by atoms with Gasteiger partial charge in [-0.3, -0.25) is 4.79 Å². The zero-order valence-electron chi connectivity index (χ0n) is 10.5. The highest BCUT2D eigenvalue weighted by Gasteiger charge is 2.29. The number of hydrogen-bond acceptors (Lipinski definition) is 5. The van der Waals surface area contributed by atoms with Crippen LogP contribution in [0.3, 0.4) is 0 Å². The van der Waals surface area contributed by atoms with Crippen LogP contribution in [0.1, 0.15) is 23.8 Å². The molecule has 1 unspecified atom stereocenters. The fourth-order valence-corrected chi connectivity index (χ4v) is 4.02. The number of esters is 1. The molecule has 3 rings (SSSR count). The van der Waals surface area contributed by atoms with E-state index in [1.54, 1.807) is 11.3 Å². The number of aryl methyl sites for hydroxylation is 1. The molecule has 6 heteroatoms. The van der Waals surface area contributed by atoms with Crippen LogP contribution in [-0.4, -0.2) is 22.5 Å². The van der Waals surface area contributed by atoms with E-state index in [1.807, 2.05) is 6.92 Å². The number of fused-ring (bicyclic) bond motifs is 3. The van der Waals surface area contributed by atoms with Gasteiger partial charge in [-0.25, -0.2) is 9.97 Å². The van der Waals surface area contributed by atoms with Crippen molar-refractivity contribution in [2.45, 2.75) is 26.2 Å². The lowest BCUT2D eigenvalue weighted by atomic mass is 9.87. The van der Waals surface area contributed by atoms with Crippen molar-refractivity contribution in [3.8, 4) is 0 Å². The molecule has 2 heterocycles. The summed E-state index contributed by atoms with van der Waals surface area (Å²) in [5.74, 6) is -0.179. The van der Waals surface area contributed by atoms with E-state index >= 15 is 0 Å². The van der Waals surface area contributed by atoms with Crippen LogP contribution in [-0.2, 0) is 22.4 Å². The molecule has 0 radical (unpaired) electrons. The van der Waals surface area contributed by atoms with Crippen LogP contribution in [0.15, 0.2) is 6.33 Å². The Hall–Kier alpha value is -1.20. The molecular formula is C13H13ClN2O2S. The molecule has 0 saturated carbocycles. The number of thiophene rings is 1. The van der Waals surface area contributed by atoms with Gasteiger partial charge in [-0.15, -0.1) is 11.3 Å². The first-order valence-corrected chi connectivity index (χ1v) is 7.47. The van der Waals surface area contributed by atoms with Gasteiger partial charge in [0.25, 0.3) is 0 Å². The summed E-state index contributed by atoms with van der Waals surface area (Å²) in [4.78, 5) is 22.4. The van der Waals surface area contributed by atoms with Crippen molar-refractivity contribution in [2.24, 2.45) is 5.92 Å². The van der Waals surface area contributed by atoms with Gasteiger partial charge in [0.2, 0.25) is 0 Å². The smallest absolute Gasteiger partial charge is 0.309 e. The van der Waals surface area contributed by atoms with Crippen molar-refractivity contribution in [3.63, 3.8) is 0 Å². The molecule has 0 saturated heterocycles. The molecule has 1 aliphatic carbocycles. The Balaban J connectivity index is 1.99. The Bertz CT molecular complexity index is 641. The van der Waals surface area contributed by atoms with Gasteiger partial charge in [0.05, 0.1) is 17.9 Å². The standard InChI is InChI=1S/C13H13ClN2O2S/c1-2-18-13(17)7-3-4-9-8(5-7)10-11(14)15-6-16-12(10)19-9/h6-7H,2-5H2,1H3. The van der Waals surface area contributed by atoms with E-state index in [2.05, 4.69) is 9.97 Å². The number of nitrogens with zero attached hydrogens (tertiary/aromatic N) is 2. The Morgan fingerprint density at radius 1 is 1.58 bits per heavy atom. The van der Waals surface area contributed by atoms with E-state index in [0.717, 1.165) is 28.6 Å². The van der Waals surface area contributed by atoms with Gasteiger partial charge in [-0.1, -0.05) is 11.6 Å². The second-order valence-corrected chi connectivity index (χ2v) is 5.98. The molecule has 19 heavy (non-hydrogen) atoms. The summed E-state index contributed by atoms with van der Waals surface area (Å²) in [5.41, 5.74) is 1.13. The van der Waals surface area contributed by atoms with Gasteiger partial charge in [0, 0.05) is 4.88 Å². The molecule has 0 spiro atoms. The van der Waals surface area contributed by atoms with Crippen molar-refractivity contribution < 1.29 is 9.53 Å². The minimum atomic E-state index is -0.111. The average Bonchev–Trinajstić information content (AvgIpc) is 2.77. The van der Waals surface area contributed by atoms with Crippen LogP contribution in [0.25, 0.3) is 10.2 Å². The Morgan fingerprint density at radius 3 is 3.21 bits per heavy atom. The largest absolute Gasteiger partial charge is 0.466 e. The van der Waals surface area contributed by atoms with E-state index in [1.165, 1.54) is 11.2 Å². The predicted molar refractivity (Wildman–Crippen MR) is 74.6 cm³/mol. The summed E-state index contributed by atoms with van der Waals surface area (Å²) in [6.07, 6.45) is 3.89. The summed E-state index contributed by atoms with van der Waals surface area (Å²) >= 11 is 7.82. The molecule has 0 fully saturated rings.